The Hall–Kier alpha value is -1.07. The maximum Gasteiger partial charge on any atom is 0.240 e. The van der Waals surface area contributed by atoms with Crippen LogP contribution in [0, 0.1) is 23.2 Å². The molecule has 0 amide bonds. The number of sulfonamides is 1. The van der Waals surface area contributed by atoms with Gasteiger partial charge in [0.05, 0.1) is 12.0 Å². The van der Waals surface area contributed by atoms with Crippen LogP contribution in [0.3, 0.4) is 0 Å². The molecule has 23 heavy (non-hydrogen) atoms. The minimum absolute atomic E-state index is 0.217. The zero-order valence-corrected chi connectivity index (χ0v) is 14.4. The lowest BCUT2D eigenvalue weighted by atomic mass is 9.50. The lowest BCUT2D eigenvalue weighted by Gasteiger charge is -2.56. The van der Waals surface area contributed by atoms with Crippen LogP contribution in [0.2, 0.25) is 0 Å². The average Bonchev–Trinajstić information content (AvgIpc) is 2.52. The minimum Gasteiger partial charge on any atom is -0.497 e. The summed E-state index contributed by atoms with van der Waals surface area (Å²) in [6.07, 6.45) is 7.78. The van der Waals surface area contributed by atoms with Gasteiger partial charge in [0.2, 0.25) is 10.0 Å². The van der Waals surface area contributed by atoms with E-state index < -0.39 is 10.0 Å². The van der Waals surface area contributed by atoms with E-state index in [1.54, 1.807) is 31.4 Å². The Morgan fingerprint density at radius 3 is 2.04 bits per heavy atom. The van der Waals surface area contributed by atoms with Crippen molar-refractivity contribution < 1.29 is 13.2 Å². The largest absolute Gasteiger partial charge is 0.497 e. The molecule has 5 rings (SSSR count). The number of benzene rings is 1. The lowest BCUT2D eigenvalue weighted by molar-refractivity contribution is -0.0487. The summed E-state index contributed by atoms with van der Waals surface area (Å²) in [6.45, 7) is 0.602. The second-order valence-corrected chi connectivity index (χ2v) is 9.68. The van der Waals surface area contributed by atoms with E-state index in [-0.39, 0.29) is 5.41 Å². The summed E-state index contributed by atoms with van der Waals surface area (Å²) in [6, 6.07) is 6.61. The Labute approximate surface area is 138 Å². The van der Waals surface area contributed by atoms with Crippen LogP contribution in [0.5, 0.6) is 5.75 Å². The molecule has 4 aliphatic rings. The van der Waals surface area contributed by atoms with Gasteiger partial charge in [-0.15, -0.1) is 0 Å². The van der Waals surface area contributed by atoms with Gasteiger partial charge in [-0.25, -0.2) is 13.1 Å². The third-order valence-corrected chi connectivity index (χ3v) is 7.59. The van der Waals surface area contributed by atoms with Gasteiger partial charge in [0.1, 0.15) is 5.75 Å². The molecule has 0 unspecified atom stereocenters. The quantitative estimate of drug-likeness (QED) is 0.899. The van der Waals surface area contributed by atoms with Crippen LogP contribution in [0.4, 0.5) is 0 Å². The molecule has 1 aromatic rings. The normalized spacial score (nSPS) is 35.4. The van der Waals surface area contributed by atoms with Crippen molar-refractivity contribution >= 4 is 10.0 Å². The highest BCUT2D eigenvalue weighted by molar-refractivity contribution is 7.89. The highest BCUT2D eigenvalue weighted by atomic mass is 32.2. The maximum atomic E-state index is 12.6. The molecule has 4 fully saturated rings. The number of ether oxygens (including phenoxy) is 1. The van der Waals surface area contributed by atoms with Crippen molar-refractivity contribution in [1.29, 1.82) is 0 Å². The number of hydrogen-bond acceptors (Lipinski definition) is 3. The molecule has 0 aromatic heterocycles. The molecular weight excluding hydrogens is 310 g/mol. The van der Waals surface area contributed by atoms with Crippen molar-refractivity contribution in [3.05, 3.63) is 24.3 Å². The second kappa shape index (κ2) is 5.49. The number of hydrogen-bond donors (Lipinski definition) is 1. The molecule has 4 saturated carbocycles. The van der Waals surface area contributed by atoms with Crippen molar-refractivity contribution in [2.45, 2.75) is 43.4 Å². The molecule has 0 aliphatic heterocycles. The topological polar surface area (TPSA) is 55.4 Å². The Balaban J connectivity index is 1.47. The Morgan fingerprint density at radius 1 is 1.04 bits per heavy atom. The molecule has 0 atom stereocenters. The van der Waals surface area contributed by atoms with E-state index in [0.717, 1.165) is 17.8 Å². The van der Waals surface area contributed by atoms with Crippen molar-refractivity contribution in [3.63, 3.8) is 0 Å². The van der Waals surface area contributed by atoms with E-state index in [1.807, 2.05) is 0 Å². The zero-order chi connectivity index (χ0) is 16.1. The van der Waals surface area contributed by atoms with E-state index in [2.05, 4.69) is 4.72 Å². The van der Waals surface area contributed by atoms with Gasteiger partial charge in [-0.3, -0.25) is 0 Å². The third-order valence-electron chi connectivity index (χ3n) is 6.17. The average molecular weight is 335 g/mol. The monoisotopic (exact) mass is 335 g/mol. The highest BCUT2D eigenvalue weighted by Gasteiger charge is 2.50. The van der Waals surface area contributed by atoms with Crippen LogP contribution >= 0.6 is 0 Å². The van der Waals surface area contributed by atoms with Gasteiger partial charge in [-0.05, 0) is 86.0 Å². The Kier molecular flexibility index (Phi) is 3.69. The highest BCUT2D eigenvalue weighted by Crippen LogP contribution is 2.59. The van der Waals surface area contributed by atoms with Crippen molar-refractivity contribution in [3.8, 4) is 5.75 Å². The van der Waals surface area contributed by atoms with Gasteiger partial charge in [-0.1, -0.05) is 0 Å². The van der Waals surface area contributed by atoms with E-state index in [0.29, 0.717) is 17.2 Å². The predicted octanol–water partition coefficient (Wildman–Crippen LogP) is 3.19. The van der Waals surface area contributed by atoms with Gasteiger partial charge in [0.15, 0.2) is 0 Å². The molecule has 0 spiro atoms. The molecule has 126 valence electrons. The minimum atomic E-state index is -3.43. The van der Waals surface area contributed by atoms with Crippen LogP contribution in [0.15, 0.2) is 29.2 Å². The molecule has 1 aromatic carbocycles. The standard InChI is InChI=1S/C18H25NO3S/c1-22-16-2-4-17(5-3-16)23(20,21)19-12-18-9-13-6-14(10-18)8-15(7-13)11-18/h2-5,13-15,19H,6-12H2,1H3. The van der Waals surface area contributed by atoms with E-state index in [9.17, 15) is 8.42 Å². The number of methoxy groups -OCH3 is 1. The van der Waals surface area contributed by atoms with Crippen LogP contribution in [0.25, 0.3) is 0 Å². The predicted molar refractivity (Wildman–Crippen MR) is 88.8 cm³/mol. The Bertz CT molecular complexity index is 645. The SMILES string of the molecule is COc1ccc(S(=O)(=O)NCC23CC4CC(CC(C4)C2)C3)cc1. The van der Waals surface area contributed by atoms with Crippen LogP contribution in [0.1, 0.15) is 38.5 Å². The first-order chi connectivity index (χ1) is 11.0. The van der Waals surface area contributed by atoms with Crippen LogP contribution in [-0.4, -0.2) is 22.1 Å². The van der Waals surface area contributed by atoms with E-state index >= 15 is 0 Å². The zero-order valence-electron chi connectivity index (χ0n) is 13.6. The summed E-state index contributed by atoms with van der Waals surface area (Å²) in [5.74, 6) is 3.19. The second-order valence-electron chi connectivity index (χ2n) is 7.92. The first kappa shape index (κ1) is 15.5. The molecule has 0 heterocycles. The smallest absolute Gasteiger partial charge is 0.240 e. The summed E-state index contributed by atoms with van der Waals surface area (Å²) in [4.78, 5) is 0.322. The van der Waals surface area contributed by atoms with Crippen molar-refractivity contribution in [2.75, 3.05) is 13.7 Å². The first-order valence-electron chi connectivity index (χ1n) is 8.62. The van der Waals surface area contributed by atoms with Crippen LogP contribution in [-0.2, 0) is 10.0 Å². The van der Waals surface area contributed by atoms with Gasteiger partial charge in [0.25, 0.3) is 0 Å². The summed E-state index contributed by atoms with van der Waals surface area (Å²) in [5, 5.41) is 0. The first-order valence-corrected chi connectivity index (χ1v) is 10.1. The van der Waals surface area contributed by atoms with Gasteiger partial charge < -0.3 is 4.74 Å². The summed E-state index contributed by atoms with van der Waals surface area (Å²) < 4.78 is 33.1. The van der Waals surface area contributed by atoms with Gasteiger partial charge in [-0.2, -0.15) is 0 Å². The molecule has 4 nitrogen and oxygen atoms in total. The molecule has 5 heteroatoms. The van der Waals surface area contributed by atoms with E-state index in [4.69, 9.17) is 4.74 Å². The molecule has 0 radical (unpaired) electrons. The number of nitrogens with one attached hydrogen (secondary N) is 1. The van der Waals surface area contributed by atoms with E-state index in [1.165, 1.54) is 38.5 Å². The van der Waals surface area contributed by atoms with Crippen LogP contribution < -0.4 is 9.46 Å². The number of rotatable bonds is 5. The molecule has 0 saturated heterocycles. The lowest BCUT2D eigenvalue weighted by Crippen LogP contribution is -2.51. The van der Waals surface area contributed by atoms with Crippen molar-refractivity contribution in [1.82, 2.24) is 4.72 Å². The van der Waals surface area contributed by atoms with Gasteiger partial charge in [0, 0.05) is 6.54 Å². The molecule has 1 N–H and O–H groups in total. The fourth-order valence-electron chi connectivity index (χ4n) is 5.59. The van der Waals surface area contributed by atoms with Crippen molar-refractivity contribution in [2.24, 2.45) is 23.2 Å². The fourth-order valence-corrected chi connectivity index (χ4v) is 6.75. The molecule has 4 bridgehead atoms. The summed E-state index contributed by atoms with van der Waals surface area (Å²) in [5.41, 5.74) is 0.217. The van der Waals surface area contributed by atoms with Gasteiger partial charge >= 0.3 is 0 Å². The summed E-state index contributed by atoms with van der Waals surface area (Å²) in [7, 11) is -1.86. The fraction of sp³-hybridized carbons (Fsp3) is 0.667. The third kappa shape index (κ3) is 2.89. The molecule has 4 aliphatic carbocycles. The summed E-state index contributed by atoms with van der Waals surface area (Å²) >= 11 is 0. The maximum absolute atomic E-state index is 12.6. The Morgan fingerprint density at radius 2 is 1.57 bits per heavy atom. The molecular formula is C18H25NO3S.